The number of nitrogens with zero attached hydrogens (tertiary/aromatic N) is 1. The van der Waals surface area contributed by atoms with E-state index in [2.05, 4.69) is 22.1 Å². The number of hydrogen-bond donors (Lipinski definition) is 1. The average Bonchev–Trinajstić information content (AvgIpc) is 3.05. The summed E-state index contributed by atoms with van der Waals surface area (Å²) in [5, 5.41) is 1.81. The Balaban J connectivity index is 1.83. The predicted molar refractivity (Wildman–Crippen MR) is 98.5 cm³/mol. The second-order valence-corrected chi connectivity index (χ2v) is 6.02. The van der Waals surface area contributed by atoms with Crippen LogP contribution in [0.4, 0.5) is 0 Å². The van der Waals surface area contributed by atoms with Gasteiger partial charge in [0.2, 0.25) is 0 Å². The Labute approximate surface area is 144 Å². The zero-order valence-corrected chi connectivity index (χ0v) is 13.8. The van der Waals surface area contributed by atoms with Crippen molar-refractivity contribution in [3.8, 4) is 28.0 Å². The van der Waals surface area contributed by atoms with Crippen LogP contribution in [0.15, 0.2) is 67.1 Å². The van der Waals surface area contributed by atoms with Crippen LogP contribution in [0.25, 0.3) is 33.2 Å². The fraction of sp³-hybridized carbons (Fsp3) is 0.0500. The van der Waals surface area contributed by atoms with Crippen molar-refractivity contribution < 1.29 is 4.74 Å². The third-order valence-corrected chi connectivity index (χ3v) is 4.33. The van der Waals surface area contributed by atoms with Gasteiger partial charge in [-0.05, 0) is 42.0 Å². The third kappa shape index (κ3) is 2.63. The smallest absolute Gasteiger partial charge is 0.119 e. The van der Waals surface area contributed by atoms with Gasteiger partial charge in [0.1, 0.15) is 5.75 Å². The van der Waals surface area contributed by atoms with Gasteiger partial charge in [-0.15, -0.1) is 0 Å². The zero-order chi connectivity index (χ0) is 16.5. The Morgan fingerprint density at radius 2 is 1.83 bits per heavy atom. The van der Waals surface area contributed by atoms with Gasteiger partial charge >= 0.3 is 0 Å². The number of rotatable bonds is 3. The summed E-state index contributed by atoms with van der Waals surface area (Å²) in [7, 11) is 1.67. The number of H-pyrrole nitrogens is 1. The van der Waals surface area contributed by atoms with Crippen molar-refractivity contribution >= 4 is 22.5 Å². The minimum absolute atomic E-state index is 0.722. The van der Waals surface area contributed by atoms with Gasteiger partial charge in [-0.1, -0.05) is 23.7 Å². The highest BCUT2D eigenvalue weighted by Crippen LogP contribution is 2.32. The fourth-order valence-electron chi connectivity index (χ4n) is 2.88. The molecule has 24 heavy (non-hydrogen) atoms. The number of fused-ring (bicyclic) bond motifs is 1. The van der Waals surface area contributed by atoms with Gasteiger partial charge in [0.15, 0.2) is 0 Å². The van der Waals surface area contributed by atoms with Gasteiger partial charge < -0.3 is 9.72 Å². The Morgan fingerprint density at radius 3 is 2.71 bits per heavy atom. The van der Waals surface area contributed by atoms with E-state index in [0.717, 1.165) is 43.9 Å². The van der Waals surface area contributed by atoms with E-state index in [1.165, 1.54) is 0 Å². The second-order valence-electron chi connectivity index (χ2n) is 5.59. The Bertz CT molecular complexity index is 1020. The number of benzene rings is 2. The number of halogens is 1. The molecule has 4 rings (SSSR count). The van der Waals surface area contributed by atoms with Crippen molar-refractivity contribution in [3.05, 3.63) is 72.1 Å². The number of hydrogen-bond acceptors (Lipinski definition) is 2. The monoisotopic (exact) mass is 334 g/mol. The van der Waals surface area contributed by atoms with Crippen molar-refractivity contribution in [3.63, 3.8) is 0 Å². The summed E-state index contributed by atoms with van der Waals surface area (Å²) in [6.45, 7) is 0. The molecule has 0 radical (unpaired) electrons. The molecule has 0 aliphatic rings. The molecule has 0 saturated heterocycles. The highest BCUT2D eigenvalue weighted by molar-refractivity contribution is 6.31. The topological polar surface area (TPSA) is 37.9 Å². The van der Waals surface area contributed by atoms with Gasteiger partial charge in [-0.3, -0.25) is 4.98 Å². The molecule has 2 aromatic carbocycles. The molecule has 3 nitrogen and oxygen atoms in total. The van der Waals surface area contributed by atoms with Crippen LogP contribution in [0.2, 0.25) is 5.02 Å². The lowest BCUT2D eigenvalue weighted by molar-refractivity contribution is 0.415. The quantitative estimate of drug-likeness (QED) is 0.532. The molecule has 2 aromatic heterocycles. The predicted octanol–water partition coefficient (Wildman–Crippen LogP) is 5.56. The van der Waals surface area contributed by atoms with Gasteiger partial charge in [0.25, 0.3) is 0 Å². The molecule has 0 atom stereocenters. The van der Waals surface area contributed by atoms with E-state index < -0.39 is 0 Å². The SMILES string of the molecule is COc1cccc(-c2cncc(-c3c[nH]c4ccc(Cl)cc34)c2)c1. The largest absolute Gasteiger partial charge is 0.497 e. The van der Waals surface area contributed by atoms with Crippen LogP contribution < -0.4 is 4.74 Å². The van der Waals surface area contributed by atoms with Gasteiger partial charge in [0, 0.05) is 51.2 Å². The van der Waals surface area contributed by atoms with Crippen LogP contribution in [0.1, 0.15) is 0 Å². The first-order chi connectivity index (χ1) is 11.7. The van der Waals surface area contributed by atoms with Crippen LogP contribution in [-0.4, -0.2) is 17.1 Å². The maximum absolute atomic E-state index is 6.15. The molecule has 0 spiro atoms. The Kier molecular flexibility index (Phi) is 3.71. The number of methoxy groups -OCH3 is 1. The molecule has 0 aliphatic carbocycles. The molecule has 4 heteroatoms. The Hall–Kier alpha value is -2.78. The Morgan fingerprint density at radius 1 is 0.958 bits per heavy atom. The van der Waals surface area contributed by atoms with Crippen LogP contribution >= 0.6 is 11.6 Å². The van der Waals surface area contributed by atoms with E-state index in [1.54, 1.807) is 7.11 Å². The summed E-state index contributed by atoms with van der Waals surface area (Å²) >= 11 is 6.15. The summed E-state index contributed by atoms with van der Waals surface area (Å²) in [6.07, 6.45) is 5.72. The lowest BCUT2D eigenvalue weighted by Crippen LogP contribution is -1.86. The van der Waals surface area contributed by atoms with E-state index in [0.29, 0.717) is 0 Å². The molecule has 1 N–H and O–H groups in total. The van der Waals surface area contributed by atoms with Crippen molar-refractivity contribution in [2.24, 2.45) is 0 Å². The first kappa shape index (κ1) is 14.8. The number of nitrogens with one attached hydrogen (secondary N) is 1. The maximum Gasteiger partial charge on any atom is 0.119 e. The first-order valence-corrected chi connectivity index (χ1v) is 7.99. The van der Waals surface area contributed by atoms with Crippen LogP contribution in [0, 0.1) is 0 Å². The van der Waals surface area contributed by atoms with Crippen molar-refractivity contribution in [1.82, 2.24) is 9.97 Å². The van der Waals surface area contributed by atoms with Crippen LogP contribution in [-0.2, 0) is 0 Å². The standard InChI is InChI=1S/C20H15ClN2O/c1-24-17-4-2-3-13(8-17)14-7-15(11-22-10-14)19-12-23-20-6-5-16(21)9-18(19)20/h2-12,23H,1H3. The number of pyridine rings is 1. The molecule has 0 unspecified atom stereocenters. The van der Waals surface area contributed by atoms with Crippen molar-refractivity contribution in [2.45, 2.75) is 0 Å². The minimum Gasteiger partial charge on any atom is -0.497 e. The second kappa shape index (κ2) is 6.02. The highest BCUT2D eigenvalue weighted by atomic mass is 35.5. The molecule has 0 saturated carbocycles. The summed E-state index contributed by atoms with van der Waals surface area (Å²) < 4.78 is 5.31. The molecule has 0 fully saturated rings. The lowest BCUT2D eigenvalue weighted by atomic mass is 10.0. The lowest BCUT2D eigenvalue weighted by Gasteiger charge is -2.06. The van der Waals surface area contributed by atoms with Crippen molar-refractivity contribution in [1.29, 1.82) is 0 Å². The molecule has 0 amide bonds. The number of aromatic amines is 1. The fourth-order valence-corrected chi connectivity index (χ4v) is 3.05. The summed E-state index contributed by atoms with van der Waals surface area (Å²) in [6, 6.07) is 15.9. The highest BCUT2D eigenvalue weighted by Gasteiger charge is 2.09. The van der Waals surface area contributed by atoms with E-state index in [4.69, 9.17) is 16.3 Å². The molecule has 4 aromatic rings. The molecule has 118 valence electrons. The van der Waals surface area contributed by atoms with Gasteiger partial charge in [-0.25, -0.2) is 0 Å². The molecular weight excluding hydrogens is 320 g/mol. The third-order valence-electron chi connectivity index (χ3n) is 4.10. The summed E-state index contributed by atoms with van der Waals surface area (Å²) in [5.41, 5.74) is 5.30. The number of aromatic nitrogens is 2. The van der Waals surface area contributed by atoms with E-state index >= 15 is 0 Å². The average molecular weight is 335 g/mol. The van der Waals surface area contributed by atoms with E-state index in [9.17, 15) is 0 Å². The van der Waals surface area contributed by atoms with Crippen LogP contribution in [0.3, 0.4) is 0 Å². The minimum atomic E-state index is 0.722. The van der Waals surface area contributed by atoms with Crippen molar-refractivity contribution in [2.75, 3.05) is 7.11 Å². The molecular formula is C20H15ClN2O. The normalized spacial score (nSPS) is 10.9. The number of ether oxygens (including phenoxy) is 1. The van der Waals surface area contributed by atoms with Crippen LogP contribution in [0.5, 0.6) is 5.75 Å². The maximum atomic E-state index is 6.15. The van der Waals surface area contributed by atoms with Gasteiger partial charge in [-0.2, -0.15) is 0 Å². The van der Waals surface area contributed by atoms with Gasteiger partial charge in [0.05, 0.1) is 7.11 Å². The molecule has 0 bridgehead atoms. The van der Waals surface area contributed by atoms with E-state index in [1.807, 2.05) is 55.0 Å². The molecule has 0 aliphatic heterocycles. The summed E-state index contributed by atoms with van der Waals surface area (Å²) in [5.74, 6) is 0.830. The summed E-state index contributed by atoms with van der Waals surface area (Å²) in [4.78, 5) is 7.70. The van der Waals surface area contributed by atoms with E-state index in [-0.39, 0.29) is 0 Å². The first-order valence-electron chi connectivity index (χ1n) is 7.61. The molecule has 2 heterocycles. The zero-order valence-electron chi connectivity index (χ0n) is 13.1.